The molecule has 0 atom stereocenters. The van der Waals surface area contributed by atoms with Gasteiger partial charge in [-0.25, -0.2) is 14.6 Å². The van der Waals surface area contributed by atoms with E-state index in [2.05, 4.69) is 10.3 Å². The zero-order chi connectivity index (χ0) is 22.4. The van der Waals surface area contributed by atoms with Gasteiger partial charge >= 0.3 is 11.7 Å². The first-order valence-electron chi connectivity index (χ1n) is 9.86. The first-order valence-corrected chi connectivity index (χ1v) is 10.7. The van der Waals surface area contributed by atoms with E-state index < -0.39 is 17.2 Å². The lowest BCUT2D eigenvalue weighted by Gasteiger charge is -2.11. The number of thiophene rings is 1. The van der Waals surface area contributed by atoms with Gasteiger partial charge in [0.1, 0.15) is 4.83 Å². The molecule has 1 aromatic carbocycles. The largest absolute Gasteiger partial charge is 0.478 e. The molecule has 3 aromatic heterocycles. The number of imidazole rings is 1. The number of carbonyl (C=O) groups is 1. The summed E-state index contributed by atoms with van der Waals surface area (Å²) in [5, 5.41) is 13.1. The molecule has 2 N–H and O–H groups in total. The van der Waals surface area contributed by atoms with Crippen molar-refractivity contribution in [1.82, 2.24) is 18.7 Å². The summed E-state index contributed by atoms with van der Waals surface area (Å²) in [6, 6.07) is 7.56. The van der Waals surface area contributed by atoms with Crippen LogP contribution in [-0.2, 0) is 20.1 Å². The zero-order valence-electron chi connectivity index (χ0n) is 17.7. The number of carboxylic acids is 1. The van der Waals surface area contributed by atoms with Crippen LogP contribution < -0.4 is 16.6 Å². The van der Waals surface area contributed by atoms with Gasteiger partial charge in [-0.2, -0.15) is 0 Å². The number of hydrogen-bond acceptors (Lipinski definition) is 6. The second kappa shape index (κ2) is 7.69. The highest BCUT2D eigenvalue weighted by molar-refractivity contribution is 7.19. The molecule has 0 fully saturated rings. The van der Waals surface area contributed by atoms with Crippen LogP contribution in [-0.4, -0.2) is 36.8 Å². The van der Waals surface area contributed by atoms with E-state index in [9.17, 15) is 19.5 Å². The molecule has 0 unspecified atom stereocenters. The SMILES string of the molecule is CNc1nc2ccccc2n1Cc1sc2c(c1C(=O)O)c(=O)n(C)c(=O)n2CC(C)C. The van der Waals surface area contributed by atoms with Crippen LogP contribution in [0.5, 0.6) is 0 Å². The summed E-state index contributed by atoms with van der Waals surface area (Å²) in [6.07, 6.45) is 0. The Morgan fingerprint density at radius 3 is 2.58 bits per heavy atom. The molecule has 4 rings (SSSR count). The van der Waals surface area contributed by atoms with Gasteiger partial charge in [0.15, 0.2) is 0 Å². The topological polar surface area (TPSA) is 111 Å². The third-order valence-corrected chi connectivity index (χ3v) is 6.38. The Kier molecular flexibility index (Phi) is 5.18. The Morgan fingerprint density at radius 1 is 1.23 bits per heavy atom. The lowest BCUT2D eigenvalue weighted by Crippen LogP contribution is -2.38. The lowest BCUT2D eigenvalue weighted by molar-refractivity contribution is 0.0698. The monoisotopic (exact) mass is 441 g/mol. The second-order valence-electron chi connectivity index (χ2n) is 7.80. The third kappa shape index (κ3) is 3.32. The van der Waals surface area contributed by atoms with E-state index in [4.69, 9.17) is 0 Å². The van der Waals surface area contributed by atoms with Gasteiger partial charge in [-0.05, 0) is 18.1 Å². The molecule has 31 heavy (non-hydrogen) atoms. The number of benzene rings is 1. The molecule has 0 aliphatic heterocycles. The summed E-state index contributed by atoms with van der Waals surface area (Å²) in [7, 11) is 3.13. The standard InChI is InChI=1S/C21H23N5O4S/c1-11(2)9-26-18-16(17(27)24(4)21(26)30)15(19(28)29)14(31-18)10-25-13-8-6-5-7-12(13)23-20(25)22-3/h5-8,11H,9-10H2,1-4H3,(H,22,23)(H,28,29). The number of para-hydroxylation sites is 2. The number of nitrogens with one attached hydrogen (secondary N) is 1. The van der Waals surface area contributed by atoms with Gasteiger partial charge in [-0.1, -0.05) is 26.0 Å². The van der Waals surface area contributed by atoms with Crippen molar-refractivity contribution in [1.29, 1.82) is 0 Å². The van der Waals surface area contributed by atoms with Crippen LogP contribution in [0.1, 0.15) is 29.1 Å². The van der Waals surface area contributed by atoms with Gasteiger partial charge in [0, 0.05) is 25.5 Å². The van der Waals surface area contributed by atoms with Crippen LogP contribution in [0, 0.1) is 5.92 Å². The van der Waals surface area contributed by atoms with Crippen LogP contribution in [0.3, 0.4) is 0 Å². The fraction of sp³-hybridized carbons (Fsp3) is 0.333. The van der Waals surface area contributed by atoms with Crippen molar-refractivity contribution >= 4 is 44.5 Å². The highest BCUT2D eigenvalue weighted by Crippen LogP contribution is 2.32. The molecular formula is C21H23N5O4S. The second-order valence-corrected chi connectivity index (χ2v) is 8.88. The summed E-state index contributed by atoms with van der Waals surface area (Å²) in [4.78, 5) is 43.4. The van der Waals surface area contributed by atoms with Gasteiger partial charge < -0.3 is 15.0 Å². The molecule has 0 aliphatic rings. The number of aromatic nitrogens is 4. The van der Waals surface area contributed by atoms with Gasteiger partial charge in [0.2, 0.25) is 5.95 Å². The molecule has 4 aromatic rings. The first-order chi connectivity index (χ1) is 14.7. The molecule has 0 aliphatic carbocycles. The summed E-state index contributed by atoms with van der Waals surface area (Å²) in [5.74, 6) is -0.461. The Balaban J connectivity index is 2.03. The highest BCUT2D eigenvalue weighted by atomic mass is 32.1. The van der Waals surface area contributed by atoms with Crippen LogP contribution in [0.2, 0.25) is 0 Å². The first kappa shape index (κ1) is 20.9. The number of fused-ring (bicyclic) bond motifs is 2. The fourth-order valence-corrected chi connectivity index (χ4v) is 5.08. The van der Waals surface area contributed by atoms with Crippen LogP contribution in [0.25, 0.3) is 21.3 Å². The molecule has 0 radical (unpaired) electrons. The summed E-state index contributed by atoms with van der Waals surface area (Å²) >= 11 is 1.18. The number of nitrogens with zero attached hydrogens (tertiary/aromatic N) is 4. The maximum Gasteiger partial charge on any atom is 0.337 e. The number of carboxylic acid groups (broad SMARTS) is 1. The van der Waals surface area contributed by atoms with Crippen LogP contribution in [0.4, 0.5) is 5.95 Å². The maximum atomic E-state index is 12.9. The Bertz CT molecular complexity index is 1440. The normalized spacial score (nSPS) is 11.6. The summed E-state index contributed by atoms with van der Waals surface area (Å²) in [6.45, 7) is 4.52. The summed E-state index contributed by atoms with van der Waals surface area (Å²) in [5.41, 5.74) is 0.521. The minimum Gasteiger partial charge on any atom is -0.478 e. The Morgan fingerprint density at radius 2 is 1.94 bits per heavy atom. The van der Waals surface area contributed by atoms with E-state index in [1.807, 2.05) is 42.7 Å². The van der Waals surface area contributed by atoms with Crippen molar-refractivity contribution in [2.24, 2.45) is 13.0 Å². The number of rotatable bonds is 6. The molecule has 0 spiro atoms. The average Bonchev–Trinajstić information content (AvgIpc) is 3.28. The minimum absolute atomic E-state index is 0.0575. The van der Waals surface area contributed by atoms with Crippen LogP contribution in [0.15, 0.2) is 33.9 Å². The molecule has 9 nitrogen and oxygen atoms in total. The van der Waals surface area contributed by atoms with Crippen molar-refractivity contribution < 1.29 is 9.90 Å². The van der Waals surface area contributed by atoms with Crippen molar-refractivity contribution in [2.45, 2.75) is 26.9 Å². The Hall–Kier alpha value is -3.40. The van der Waals surface area contributed by atoms with E-state index in [0.717, 1.165) is 15.6 Å². The van der Waals surface area contributed by atoms with E-state index in [1.165, 1.54) is 23.0 Å². The average molecular weight is 442 g/mol. The molecule has 0 amide bonds. The van der Waals surface area contributed by atoms with Crippen molar-refractivity contribution in [2.75, 3.05) is 12.4 Å². The highest BCUT2D eigenvalue weighted by Gasteiger charge is 2.26. The predicted molar refractivity (Wildman–Crippen MR) is 122 cm³/mol. The van der Waals surface area contributed by atoms with E-state index in [0.29, 0.717) is 22.2 Å². The van der Waals surface area contributed by atoms with Crippen molar-refractivity contribution in [3.05, 3.63) is 55.5 Å². The van der Waals surface area contributed by atoms with Gasteiger partial charge in [0.05, 0.1) is 28.5 Å². The molecule has 162 valence electrons. The van der Waals surface area contributed by atoms with Gasteiger partial charge in [-0.3, -0.25) is 13.9 Å². The number of aromatic carboxylic acids is 1. The quantitative estimate of drug-likeness (QED) is 0.476. The fourth-order valence-electron chi connectivity index (χ4n) is 3.81. The van der Waals surface area contributed by atoms with Crippen molar-refractivity contribution in [3.8, 4) is 0 Å². The zero-order valence-corrected chi connectivity index (χ0v) is 18.5. The number of anilines is 1. The molecule has 0 saturated heterocycles. The molecule has 0 bridgehead atoms. The predicted octanol–water partition coefficient (Wildman–Crippen LogP) is 2.56. The molecular weight excluding hydrogens is 418 g/mol. The van der Waals surface area contributed by atoms with E-state index in [1.54, 1.807) is 7.05 Å². The summed E-state index contributed by atoms with van der Waals surface area (Å²) < 4.78 is 4.37. The third-order valence-electron chi connectivity index (χ3n) is 5.19. The van der Waals surface area contributed by atoms with Crippen molar-refractivity contribution in [3.63, 3.8) is 0 Å². The smallest absolute Gasteiger partial charge is 0.337 e. The van der Waals surface area contributed by atoms with Gasteiger partial charge in [0.25, 0.3) is 5.56 Å². The lowest BCUT2D eigenvalue weighted by atomic mass is 10.1. The Labute approximate surface area is 181 Å². The molecule has 0 saturated carbocycles. The maximum absolute atomic E-state index is 12.9. The van der Waals surface area contributed by atoms with Gasteiger partial charge in [-0.15, -0.1) is 11.3 Å². The molecule has 3 heterocycles. The van der Waals surface area contributed by atoms with Crippen LogP contribution >= 0.6 is 11.3 Å². The number of hydrogen-bond donors (Lipinski definition) is 2. The van der Waals surface area contributed by atoms with E-state index >= 15 is 0 Å². The minimum atomic E-state index is -1.19. The molecule has 10 heteroatoms. The van der Waals surface area contributed by atoms with E-state index in [-0.39, 0.29) is 23.4 Å².